The van der Waals surface area contributed by atoms with E-state index >= 15 is 0 Å². The molecule has 25 heavy (non-hydrogen) atoms. The van der Waals surface area contributed by atoms with E-state index in [-0.39, 0.29) is 12.3 Å². The average Bonchev–Trinajstić information content (AvgIpc) is 2.55. The van der Waals surface area contributed by atoms with Crippen LogP contribution in [-0.4, -0.2) is 9.97 Å². The quantitative estimate of drug-likeness (QED) is 0.543. The van der Waals surface area contributed by atoms with E-state index in [1.54, 1.807) is 0 Å². The summed E-state index contributed by atoms with van der Waals surface area (Å²) in [5.74, 6) is 0.172. The molecule has 3 nitrogen and oxygen atoms in total. The van der Waals surface area contributed by atoms with Gasteiger partial charge in [-0.25, -0.2) is 0 Å². The van der Waals surface area contributed by atoms with Crippen molar-refractivity contribution in [1.82, 2.24) is 9.97 Å². The minimum absolute atomic E-state index is 0.0745. The van der Waals surface area contributed by atoms with Gasteiger partial charge >= 0.3 is 12.4 Å². The summed E-state index contributed by atoms with van der Waals surface area (Å²) in [5, 5.41) is 8.25. The van der Waals surface area contributed by atoms with Gasteiger partial charge in [0.05, 0.1) is 12.5 Å². The molecule has 0 saturated heterocycles. The standard InChI is InChI=1S/C8H5F3N2.C7H5ClF3N/c9-8(10,11)7-2-1-6(3-4-12)5-13-7;8-3-5-1-2-6(12-4-5)7(9,10)11/h1-2,5H,3H2;1-2,4H,3H2. The molecule has 2 heterocycles. The molecule has 0 radical (unpaired) electrons. The van der Waals surface area contributed by atoms with Crippen molar-refractivity contribution in [3.63, 3.8) is 0 Å². The third-order valence-corrected chi connectivity index (χ3v) is 2.98. The Bertz CT molecular complexity index is 703. The lowest BCUT2D eigenvalue weighted by molar-refractivity contribution is -0.142. The highest BCUT2D eigenvalue weighted by Crippen LogP contribution is 2.27. The Labute approximate surface area is 143 Å². The molecular weight excluding hydrogens is 372 g/mol. The minimum Gasteiger partial charge on any atom is -0.251 e. The lowest BCUT2D eigenvalue weighted by Crippen LogP contribution is -2.07. The molecule has 0 aromatic carbocycles. The molecule has 0 N–H and O–H groups in total. The molecule has 10 heteroatoms. The van der Waals surface area contributed by atoms with E-state index in [9.17, 15) is 26.3 Å². The van der Waals surface area contributed by atoms with Crippen molar-refractivity contribution in [3.05, 3.63) is 59.2 Å². The highest BCUT2D eigenvalue weighted by Gasteiger charge is 2.32. The number of halogens is 7. The van der Waals surface area contributed by atoms with Crippen molar-refractivity contribution in [2.45, 2.75) is 24.7 Å². The smallest absolute Gasteiger partial charge is 0.251 e. The zero-order valence-corrected chi connectivity index (χ0v) is 13.1. The van der Waals surface area contributed by atoms with Crippen LogP contribution in [0.3, 0.4) is 0 Å². The predicted octanol–water partition coefficient (Wildman–Crippen LogP) is 5.01. The number of hydrogen-bond donors (Lipinski definition) is 0. The van der Waals surface area contributed by atoms with E-state index in [4.69, 9.17) is 16.9 Å². The largest absolute Gasteiger partial charge is 0.433 e. The van der Waals surface area contributed by atoms with Gasteiger partial charge in [-0.1, -0.05) is 12.1 Å². The van der Waals surface area contributed by atoms with E-state index in [2.05, 4.69) is 9.97 Å². The van der Waals surface area contributed by atoms with Crippen molar-refractivity contribution >= 4 is 11.6 Å². The Hall–Kier alpha value is -2.34. The van der Waals surface area contributed by atoms with Gasteiger partial charge in [-0.2, -0.15) is 31.6 Å². The molecule has 134 valence electrons. The molecule has 0 amide bonds. The summed E-state index contributed by atoms with van der Waals surface area (Å²) in [6.45, 7) is 0. The van der Waals surface area contributed by atoms with Gasteiger partial charge in [0.2, 0.25) is 0 Å². The second-order valence-corrected chi connectivity index (χ2v) is 4.83. The highest BCUT2D eigenvalue weighted by molar-refractivity contribution is 6.17. The first-order valence-electron chi connectivity index (χ1n) is 6.55. The highest BCUT2D eigenvalue weighted by atomic mass is 35.5. The molecule has 0 saturated carbocycles. The van der Waals surface area contributed by atoms with Crippen molar-refractivity contribution in [3.8, 4) is 6.07 Å². The lowest BCUT2D eigenvalue weighted by Gasteiger charge is -2.04. The number of nitrogens with zero attached hydrogens (tertiary/aromatic N) is 3. The number of aromatic nitrogens is 2. The first-order chi connectivity index (χ1) is 11.6. The molecule has 0 aliphatic carbocycles. The van der Waals surface area contributed by atoms with Gasteiger partial charge < -0.3 is 0 Å². The summed E-state index contributed by atoms with van der Waals surface area (Å²) in [6.07, 6.45) is -6.52. The van der Waals surface area contributed by atoms with E-state index in [0.29, 0.717) is 11.1 Å². The number of alkyl halides is 7. The van der Waals surface area contributed by atoms with Gasteiger partial charge in [0.1, 0.15) is 11.4 Å². The van der Waals surface area contributed by atoms with Crippen LogP contribution in [0.4, 0.5) is 26.3 Å². The van der Waals surface area contributed by atoms with Crippen molar-refractivity contribution in [2.75, 3.05) is 0 Å². The van der Waals surface area contributed by atoms with E-state index < -0.39 is 23.7 Å². The molecule has 0 aliphatic heterocycles. The molecule has 0 aliphatic rings. The van der Waals surface area contributed by atoms with Crippen LogP contribution in [0.15, 0.2) is 36.7 Å². The van der Waals surface area contributed by atoms with Crippen molar-refractivity contribution in [2.24, 2.45) is 0 Å². The summed E-state index contributed by atoms with van der Waals surface area (Å²) >= 11 is 5.37. The van der Waals surface area contributed by atoms with E-state index in [1.165, 1.54) is 12.1 Å². The third-order valence-electron chi connectivity index (χ3n) is 2.67. The molecule has 0 spiro atoms. The molecule has 2 rings (SSSR count). The zero-order chi connectivity index (χ0) is 19.1. The Kier molecular flexibility index (Phi) is 7.18. The molecule has 2 aromatic rings. The summed E-state index contributed by atoms with van der Waals surface area (Å²) in [4.78, 5) is 6.40. The van der Waals surface area contributed by atoms with Gasteiger partial charge in [-0.3, -0.25) is 9.97 Å². The maximum atomic E-state index is 12.0. The van der Waals surface area contributed by atoms with Crippen molar-refractivity contribution in [1.29, 1.82) is 5.26 Å². The molecule has 0 unspecified atom stereocenters. The van der Waals surface area contributed by atoms with Gasteiger partial charge in [0, 0.05) is 18.3 Å². The summed E-state index contributed by atoms with van der Waals surface area (Å²) in [7, 11) is 0. The molecule has 0 atom stereocenters. The Morgan fingerprint density at radius 2 is 1.28 bits per heavy atom. The van der Waals surface area contributed by atoms with Crippen LogP contribution in [0.25, 0.3) is 0 Å². The van der Waals surface area contributed by atoms with Crippen LogP contribution >= 0.6 is 11.6 Å². The van der Waals surface area contributed by atoms with E-state index in [0.717, 1.165) is 24.5 Å². The Morgan fingerprint density at radius 3 is 1.56 bits per heavy atom. The first kappa shape index (κ1) is 20.7. The fourth-order valence-electron chi connectivity index (χ4n) is 1.46. The number of nitriles is 1. The molecule has 2 aromatic heterocycles. The third kappa shape index (κ3) is 6.97. The average molecular weight is 382 g/mol. The molecular formula is C15H10ClF6N3. The summed E-state index contributed by atoms with van der Waals surface area (Å²) < 4.78 is 71.7. The second kappa shape index (κ2) is 8.67. The van der Waals surface area contributed by atoms with Gasteiger partial charge in [-0.15, -0.1) is 11.6 Å². The van der Waals surface area contributed by atoms with E-state index in [1.807, 2.05) is 6.07 Å². The number of hydrogen-bond acceptors (Lipinski definition) is 3. The molecule has 0 bridgehead atoms. The monoisotopic (exact) mass is 381 g/mol. The first-order valence-corrected chi connectivity index (χ1v) is 7.08. The maximum absolute atomic E-state index is 12.0. The van der Waals surface area contributed by atoms with Crippen LogP contribution < -0.4 is 0 Å². The topological polar surface area (TPSA) is 49.6 Å². The second-order valence-electron chi connectivity index (χ2n) is 4.57. The van der Waals surface area contributed by atoms with Gasteiger partial charge in [0.15, 0.2) is 0 Å². The summed E-state index contributed by atoms with van der Waals surface area (Å²) in [6, 6.07) is 6.16. The Morgan fingerprint density at radius 1 is 0.840 bits per heavy atom. The van der Waals surface area contributed by atoms with Gasteiger partial charge in [0.25, 0.3) is 0 Å². The van der Waals surface area contributed by atoms with Gasteiger partial charge in [-0.05, 0) is 23.3 Å². The SMILES string of the molecule is FC(F)(F)c1ccc(CCl)cn1.N#CCc1ccc(C(F)(F)F)nc1. The predicted molar refractivity (Wildman–Crippen MR) is 77.4 cm³/mol. The minimum atomic E-state index is -4.41. The maximum Gasteiger partial charge on any atom is 0.433 e. The van der Waals surface area contributed by atoms with Crippen LogP contribution in [-0.2, 0) is 24.7 Å². The lowest BCUT2D eigenvalue weighted by atomic mass is 10.2. The van der Waals surface area contributed by atoms with Crippen LogP contribution in [0.2, 0.25) is 0 Å². The fraction of sp³-hybridized carbons (Fsp3) is 0.267. The zero-order valence-electron chi connectivity index (χ0n) is 12.4. The normalized spacial score (nSPS) is 11.3. The fourth-order valence-corrected chi connectivity index (χ4v) is 1.62. The van der Waals surface area contributed by atoms with Crippen molar-refractivity contribution < 1.29 is 26.3 Å². The van der Waals surface area contributed by atoms with Crippen LogP contribution in [0.1, 0.15) is 22.5 Å². The van der Waals surface area contributed by atoms with Crippen LogP contribution in [0.5, 0.6) is 0 Å². The van der Waals surface area contributed by atoms with Crippen LogP contribution in [0, 0.1) is 11.3 Å². The summed E-state index contributed by atoms with van der Waals surface area (Å²) in [5.41, 5.74) is -0.772. The number of rotatable bonds is 2. The molecule has 0 fully saturated rings. The Balaban J connectivity index is 0.000000251. The number of pyridine rings is 2.